The summed E-state index contributed by atoms with van der Waals surface area (Å²) in [5.41, 5.74) is 3.05. The van der Waals surface area contributed by atoms with Gasteiger partial charge < -0.3 is 19.9 Å². The van der Waals surface area contributed by atoms with Crippen molar-refractivity contribution in [1.29, 1.82) is 0 Å². The first-order chi connectivity index (χ1) is 13.7. The van der Waals surface area contributed by atoms with Gasteiger partial charge in [-0.1, -0.05) is 24.3 Å². The molecule has 2 aliphatic rings. The van der Waals surface area contributed by atoms with Gasteiger partial charge in [0.05, 0.1) is 13.2 Å². The molecule has 2 heterocycles. The van der Waals surface area contributed by atoms with Gasteiger partial charge in [0.25, 0.3) is 5.91 Å². The van der Waals surface area contributed by atoms with Gasteiger partial charge in [-0.3, -0.25) is 4.79 Å². The van der Waals surface area contributed by atoms with Gasteiger partial charge >= 0.3 is 0 Å². The molecule has 2 N–H and O–H groups in total. The van der Waals surface area contributed by atoms with Crippen LogP contribution >= 0.6 is 11.3 Å². The van der Waals surface area contributed by atoms with E-state index in [-0.39, 0.29) is 18.4 Å². The van der Waals surface area contributed by atoms with Crippen molar-refractivity contribution in [3.8, 4) is 0 Å². The Balaban J connectivity index is 1.41. The number of aliphatic hydroxyl groups is 1. The maximum Gasteiger partial charge on any atom is 0.286 e. The molecule has 1 amide bonds. The summed E-state index contributed by atoms with van der Waals surface area (Å²) in [6.45, 7) is 1.13. The predicted molar refractivity (Wildman–Crippen MR) is 108 cm³/mol. The first-order valence-corrected chi connectivity index (χ1v) is 10.6. The number of carbonyl (C=O) groups is 1. The van der Waals surface area contributed by atoms with E-state index in [1.54, 1.807) is 11.3 Å². The minimum Gasteiger partial charge on any atom is -0.459 e. The molecule has 1 fully saturated rings. The lowest BCUT2D eigenvalue weighted by Crippen LogP contribution is -2.33. The fraction of sp³-hybridized carbons (Fsp3) is 0.409. The molecule has 0 spiro atoms. The number of nitrogens with one attached hydrogen (secondary N) is 1. The lowest BCUT2D eigenvalue weighted by atomic mass is 9.95. The number of allylic oxidation sites excluding steroid dienone is 1. The van der Waals surface area contributed by atoms with Crippen molar-refractivity contribution < 1.29 is 19.4 Å². The maximum atomic E-state index is 12.6. The summed E-state index contributed by atoms with van der Waals surface area (Å²) < 4.78 is 11.9. The van der Waals surface area contributed by atoms with Crippen LogP contribution in [0.4, 0.5) is 0 Å². The second kappa shape index (κ2) is 8.90. The van der Waals surface area contributed by atoms with Gasteiger partial charge in [0, 0.05) is 18.9 Å². The minimum atomic E-state index is -0.478. The fourth-order valence-electron chi connectivity index (χ4n) is 3.21. The molecular weight excluding hydrogens is 374 g/mol. The number of benzene rings is 1. The molecule has 2 atom stereocenters. The third kappa shape index (κ3) is 5.01. The summed E-state index contributed by atoms with van der Waals surface area (Å²) >= 11 is 1.65. The fourth-order valence-corrected chi connectivity index (χ4v) is 3.94. The number of thiophene rings is 1. The van der Waals surface area contributed by atoms with E-state index < -0.39 is 6.29 Å². The lowest BCUT2D eigenvalue weighted by molar-refractivity contribution is -0.150. The average Bonchev–Trinajstić information content (AvgIpc) is 3.41. The number of aliphatic hydroxyl groups excluding tert-OH is 1. The van der Waals surface area contributed by atoms with Crippen molar-refractivity contribution in [2.24, 2.45) is 5.92 Å². The smallest absolute Gasteiger partial charge is 0.286 e. The molecule has 1 aromatic heterocycles. The molecule has 1 saturated carbocycles. The van der Waals surface area contributed by atoms with Crippen LogP contribution < -0.4 is 5.32 Å². The Morgan fingerprint density at radius 3 is 2.68 bits per heavy atom. The largest absolute Gasteiger partial charge is 0.459 e. The highest BCUT2D eigenvalue weighted by Gasteiger charge is 2.30. The number of ether oxygens (including phenoxy) is 2. The van der Waals surface area contributed by atoms with Crippen molar-refractivity contribution >= 4 is 17.2 Å². The van der Waals surface area contributed by atoms with Crippen molar-refractivity contribution in [3.05, 3.63) is 69.6 Å². The Bertz CT molecular complexity index is 812. The Morgan fingerprint density at radius 2 is 2.00 bits per heavy atom. The van der Waals surface area contributed by atoms with Gasteiger partial charge in [-0.2, -0.15) is 11.3 Å². The highest BCUT2D eigenvalue weighted by Crippen LogP contribution is 2.33. The molecule has 1 aromatic carbocycles. The van der Waals surface area contributed by atoms with E-state index in [2.05, 4.69) is 16.8 Å². The zero-order valence-electron chi connectivity index (χ0n) is 15.7. The van der Waals surface area contributed by atoms with E-state index in [1.807, 2.05) is 35.7 Å². The van der Waals surface area contributed by atoms with Crippen LogP contribution in [0.3, 0.4) is 0 Å². The zero-order chi connectivity index (χ0) is 19.3. The van der Waals surface area contributed by atoms with E-state index in [0.29, 0.717) is 31.2 Å². The molecule has 5 nitrogen and oxygen atoms in total. The van der Waals surface area contributed by atoms with Gasteiger partial charge in [-0.15, -0.1) is 0 Å². The zero-order valence-corrected chi connectivity index (χ0v) is 16.5. The van der Waals surface area contributed by atoms with Gasteiger partial charge in [0.2, 0.25) is 6.29 Å². The number of amides is 1. The Labute approximate surface area is 169 Å². The minimum absolute atomic E-state index is 0.0271. The van der Waals surface area contributed by atoms with Gasteiger partial charge in [-0.05, 0) is 58.4 Å². The molecular formula is C22H25NO4S. The quantitative estimate of drug-likeness (QED) is 0.710. The molecule has 1 aliphatic heterocycles. The van der Waals surface area contributed by atoms with Crippen LogP contribution in [0, 0.1) is 5.92 Å². The van der Waals surface area contributed by atoms with Crippen molar-refractivity contribution in [3.63, 3.8) is 0 Å². The number of carbonyl (C=O) groups excluding carboxylic acids is 1. The highest BCUT2D eigenvalue weighted by atomic mass is 32.1. The molecule has 4 rings (SSSR count). The highest BCUT2D eigenvalue weighted by molar-refractivity contribution is 7.08. The molecule has 1 aliphatic carbocycles. The second-order valence-electron chi connectivity index (χ2n) is 7.42. The van der Waals surface area contributed by atoms with Crippen LogP contribution in [0.15, 0.2) is 52.9 Å². The summed E-state index contributed by atoms with van der Waals surface area (Å²) in [6, 6.07) is 9.71. The molecule has 2 aromatic rings. The summed E-state index contributed by atoms with van der Waals surface area (Å²) in [7, 11) is 0. The van der Waals surface area contributed by atoms with Crippen molar-refractivity contribution in [1.82, 2.24) is 5.32 Å². The summed E-state index contributed by atoms with van der Waals surface area (Å²) in [5, 5.41) is 16.3. The van der Waals surface area contributed by atoms with Gasteiger partial charge in [0.1, 0.15) is 0 Å². The first kappa shape index (κ1) is 19.2. The van der Waals surface area contributed by atoms with E-state index in [4.69, 9.17) is 14.6 Å². The van der Waals surface area contributed by atoms with E-state index in [1.165, 1.54) is 18.4 Å². The normalized spacial score (nSPS) is 21.7. The molecule has 0 saturated heterocycles. The van der Waals surface area contributed by atoms with Crippen LogP contribution in [-0.2, 0) is 27.5 Å². The van der Waals surface area contributed by atoms with Crippen molar-refractivity contribution in [2.45, 2.75) is 44.7 Å². The van der Waals surface area contributed by atoms with Gasteiger partial charge in [-0.25, -0.2) is 0 Å². The number of rotatable bonds is 8. The SMILES string of the molecule is O=C(NCC1CC1)C1=CC(c2ccsc2)CC(OCc2ccc(CO)cc2)O1. The van der Waals surface area contributed by atoms with Crippen LogP contribution in [0.1, 0.15) is 41.9 Å². The molecule has 148 valence electrons. The summed E-state index contributed by atoms with van der Waals surface area (Å²) in [5.74, 6) is 0.912. The van der Waals surface area contributed by atoms with E-state index >= 15 is 0 Å². The maximum absolute atomic E-state index is 12.6. The first-order valence-electron chi connectivity index (χ1n) is 9.70. The standard InChI is InChI=1S/C22H25NO4S/c24-12-16-3-5-17(6-4-16)13-26-21-10-19(18-7-8-28-14-18)9-20(27-21)22(25)23-11-15-1-2-15/h3-9,14-15,19,21,24H,1-2,10-13H2,(H,23,25). The lowest BCUT2D eigenvalue weighted by Gasteiger charge is -2.29. The third-order valence-electron chi connectivity index (χ3n) is 5.14. The van der Waals surface area contributed by atoms with Crippen LogP contribution in [0.25, 0.3) is 0 Å². The molecule has 0 bridgehead atoms. The van der Waals surface area contributed by atoms with Crippen LogP contribution in [-0.4, -0.2) is 23.8 Å². The molecule has 6 heteroatoms. The van der Waals surface area contributed by atoms with E-state index in [9.17, 15) is 4.79 Å². The second-order valence-corrected chi connectivity index (χ2v) is 8.20. The van der Waals surface area contributed by atoms with Crippen LogP contribution in [0.2, 0.25) is 0 Å². The Morgan fingerprint density at radius 1 is 1.21 bits per heavy atom. The van der Waals surface area contributed by atoms with Crippen molar-refractivity contribution in [2.75, 3.05) is 6.54 Å². The monoisotopic (exact) mass is 399 g/mol. The number of hydrogen-bond acceptors (Lipinski definition) is 5. The van der Waals surface area contributed by atoms with Gasteiger partial charge in [0.15, 0.2) is 5.76 Å². The Hall–Kier alpha value is -2.15. The third-order valence-corrected chi connectivity index (χ3v) is 5.84. The predicted octanol–water partition coefficient (Wildman–Crippen LogP) is 3.70. The van der Waals surface area contributed by atoms with E-state index in [0.717, 1.165) is 11.1 Å². The topological polar surface area (TPSA) is 67.8 Å². The summed E-state index contributed by atoms with van der Waals surface area (Å²) in [4.78, 5) is 12.6. The van der Waals surface area contributed by atoms with Crippen LogP contribution in [0.5, 0.6) is 0 Å². The Kier molecular flexibility index (Phi) is 6.10. The number of hydrogen-bond donors (Lipinski definition) is 2. The average molecular weight is 400 g/mol. The summed E-state index contributed by atoms with van der Waals surface area (Å²) in [6.07, 6.45) is 4.50. The molecule has 28 heavy (non-hydrogen) atoms. The molecule has 2 unspecified atom stereocenters. The molecule has 0 radical (unpaired) electrons.